The molecule has 4 nitrogen and oxygen atoms in total. The minimum atomic E-state index is -0.00857. The monoisotopic (exact) mass is 346 g/mol. The zero-order valence-corrected chi connectivity index (χ0v) is 14.5. The number of carbonyl (C=O) groups excluding carboxylic acids is 1. The quantitative estimate of drug-likeness (QED) is 0.820. The second kappa shape index (κ2) is 6.26. The van der Waals surface area contributed by atoms with Gasteiger partial charge in [-0.1, -0.05) is 12.1 Å². The third-order valence-electron chi connectivity index (χ3n) is 4.21. The highest BCUT2D eigenvalue weighted by Gasteiger charge is 2.31. The Hall–Kier alpha value is -1.37. The first-order valence-corrected chi connectivity index (χ1v) is 9.73. The van der Waals surface area contributed by atoms with E-state index in [2.05, 4.69) is 18.0 Å². The van der Waals surface area contributed by atoms with Gasteiger partial charge in [-0.15, -0.1) is 23.1 Å². The molecule has 23 heavy (non-hydrogen) atoms. The maximum atomic E-state index is 13.0. The van der Waals surface area contributed by atoms with Gasteiger partial charge in [-0.2, -0.15) is 0 Å². The Labute approximate surface area is 143 Å². The van der Waals surface area contributed by atoms with E-state index in [1.54, 1.807) is 0 Å². The molecular weight excluding hydrogens is 328 g/mol. The Kier molecular flexibility index (Phi) is 4.13. The largest absolute Gasteiger partial charge is 0.371 e. The van der Waals surface area contributed by atoms with Crippen molar-refractivity contribution in [2.45, 2.75) is 36.8 Å². The number of thiazole rings is 1. The summed E-state index contributed by atoms with van der Waals surface area (Å²) < 4.78 is 5.67. The number of carbonyl (C=O) groups is 1. The van der Waals surface area contributed by atoms with Crippen molar-refractivity contribution in [3.8, 4) is 0 Å². The van der Waals surface area contributed by atoms with Gasteiger partial charge >= 0.3 is 0 Å². The Balaban J connectivity index is 1.63. The molecule has 1 aromatic heterocycles. The van der Waals surface area contributed by atoms with Gasteiger partial charge in [0.1, 0.15) is 16.8 Å². The molecule has 2 atom stereocenters. The first-order valence-electron chi connectivity index (χ1n) is 7.86. The Morgan fingerprint density at radius 3 is 3.09 bits per heavy atom. The highest BCUT2D eigenvalue weighted by atomic mass is 32.2. The van der Waals surface area contributed by atoms with E-state index in [0.29, 0.717) is 5.69 Å². The van der Waals surface area contributed by atoms with Crippen LogP contribution in [0.5, 0.6) is 0 Å². The van der Waals surface area contributed by atoms with Crippen LogP contribution >= 0.6 is 23.1 Å². The number of amides is 1. The standard InChI is InChI=1S/C17H18N2O2S2/c1-11-9-22-15-7-3-2-5-13(15)19(11)17(20)12-10-23-16(18-12)14-6-4-8-21-14/h2-3,5,7,10-11,14H,4,6,8-9H2,1H3/t11-,14+/m0/s1. The number of thioether (sulfide) groups is 1. The van der Waals surface area contributed by atoms with E-state index in [-0.39, 0.29) is 18.1 Å². The van der Waals surface area contributed by atoms with Crippen LogP contribution < -0.4 is 4.90 Å². The fourth-order valence-electron chi connectivity index (χ4n) is 3.04. The highest BCUT2D eigenvalue weighted by molar-refractivity contribution is 7.99. The number of nitrogens with zero attached hydrogens (tertiary/aromatic N) is 2. The summed E-state index contributed by atoms with van der Waals surface area (Å²) in [7, 11) is 0. The molecular formula is C17H18N2O2S2. The number of hydrogen-bond acceptors (Lipinski definition) is 5. The number of anilines is 1. The summed E-state index contributed by atoms with van der Waals surface area (Å²) in [5.41, 5.74) is 1.53. The number of benzene rings is 1. The maximum Gasteiger partial charge on any atom is 0.278 e. The van der Waals surface area contributed by atoms with Crippen molar-refractivity contribution in [2.75, 3.05) is 17.3 Å². The molecule has 0 aliphatic carbocycles. The molecule has 4 rings (SSSR count). The zero-order chi connectivity index (χ0) is 15.8. The molecule has 0 unspecified atom stereocenters. The first kappa shape index (κ1) is 15.2. The zero-order valence-electron chi connectivity index (χ0n) is 12.9. The Morgan fingerprint density at radius 1 is 1.39 bits per heavy atom. The molecule has 0 bridgehead atoms. The molecule has 2 aliphatic heterocycles. The SMILES string of the molecule is C[C@H]1CSc2ccccc2N1C(=O)c1csc([C@H]2CCCO2)n1. The van der Waals surface area contributed by atoms with E-state index >= 15 is 0 Å². The minimum absolute atomic E-state index is 0.00857. The molecule has 1 amide bonds. The van der Waals surface area contributed by atoms with Gasteiger partial charge in [0.05, 0.1) is 5.69 Å². The lowest BCUT2D eigenvalue weighted by Crippen LogP contribution is -2.42. The van der Waals surface area contributed by atoms with Crippen molar-refractivity contribution >= 4 is 34.7 Å². The van der Waals surface area contributed by atoms with Crippen molar-refractivity contribution in [3.05, 3.63) is 40.3 Å². The van der Waals surface area contributed by atoms with Gasteiger partial charge in [-0.3, -0.25) is 4.79 Å². The van der Waals surface area contributed by atoms with Crippen LogP contribution in [-0.4, -0.2) is 29.3 Å². The molecule has 0 saturated carbocycles. The molecule has 0 N–H and O–H groups in total. The first-order chi connectivity index (χ1) is 11.2. The predicted octanol–water partition coefficient (Wildman–Crippen LogP) is 4.14. The fourth-order valence-corrected chi connectivity index (χ4v) is 4.97. The van der Waals surface area contributed by atoms with Gasteiger partial charge in [0, 0.05) is 28.7 Å². The van der Waals surface area contributed by atoms with Crippen LogP contribution in [0.25, 0.3) is 0 Å². The summed E-state index contributed by atoms with van der Waals surface area (Å²) in [5.74, 6) is 0.900. The summed E-state index contributed by atoms with van der Waals surface area (Å²) in [6.07, 6.45) is 2.14. The molecule has 0 spiro atoms. The summed E-state index contributed by atoms with van der Waals surface area (Å²) in [6, 6.07) is 8.25. The predicted molar refractivity (Wildman–Crippen MR) is 93.5 cm³/mol. The lowest BCUT2D eigenvalue weighted by molar-refractivity contribution is 0.0971. The average Bonchev–Trinajstić information content (AvgIpc) is 3.25. The molecule has 120 valence electrons. The highest BCUT2D eigenvalue weighted by Crippen LogP contribution is 2.38. The molecule has 1 saturated heterocycles. The lowest BCUT2D eigenvalue weighted by Gasteiger charge is -2.34. The van der Waals surface area contributed by atoms with Crippen molar-refractivity contribution in [1.82, 2.24) is 4.98 Å². The molecule has 1 aromatic carbocycles. The molecule has 1 fully saturated rings. The van der Waals surface area contributed by atoms with Crippen molar-refractivity contribution in [2.24, 2.45) is 0 Å². The third-order valence-corrected chi connectivity index (χ3v) is 6.45. The van der Waals surface area contributed by atoms with Crippen LogP contribution in [0.2, 0.25) is 0 Å². The van der Waals surface area contributed by atoms with Gasteiger partial charge in [0.25, 0.3) is 5.91 Å². The third kappa shape index (κ3) is 2.79. The lowest BCUT2D eigenvalue weighted by atomic mass is 10.2. The normalized spacial score (nSPS) is 23.8. The van der Waals surface area contributed by atoms with Gasteiger partial charge in [-0.05, 0) is 31.9 Å². The molecule has 3 heterocycles. The summed E-state index contributed by atoms with van der Waals surface area (Å²) in [4.78, 5) is 20.6. The summed E-state index contributed by atoms with van der Waals surface area (Å²) in [5, 5.41) is 2.80. The van der Waals surface area contributed by atoms with E-state index in [4.69, 9.17) is 4.74 Å². The molecule has 2 aromatic rings. The van der Waals surface area contributed by atoms with E-state index in [1.165, 1.54) is 11.3 Å². The fraction of sp³-hybridized carbons (Fsp3) is 0.412. The van der Waals surface area contributed by atoms with Gasteiger partial charge < -0.3 is 9.64 Å². The van der Waals surface area contributed by atoms with E-state index in [1.807, 2.05) is 40.2 Å². The van der Waals surface area contributed by atoms with Crippen LogP contribution in [0, 0.1) is 0 Å². The minimum Gasteiger partial charge on any atom is -0.371 e. The smallest absolute Gasteiger partial charge is 0.278 e. The van der Waals surface area contributed by atoms with E-state index in [9.17, 15) is 4.79 Å². The Bertz CT molecular complexity index is 725. The van der Waals surface area contributed by atoms with Crippen LogP contribution in [0.3, 0.4) is 0 Å². The molecule has 6 heteroatoms. The van der Waals surface area contributed by atoms with Crippen molar-refractivity contribution < 1.29 is 9.53 Å². The number of hydrogen-bond donors (Lipinski definition) is 0. The van der Waals surface area contributed by atoms with Gasteiger partial charge in [-0.25, -0.2) is 4.98 Å². The second-order valence-electron chi connectivity index (χ2n) is 5.88. The van der Waals surface area contributed by atoms with Crippen LogP contribution in [-0.2, 0) is 4.74 Å². The maximum absolute atomic E-state index is 13.0. The van der Waals surface area contributed by atoms with Crippen molar-refractivity contribution in [1.29, 1.82) is 0 Å². The summed E-state index contributed by atoms with van der Waals surface area (Å²) >= 11 is 3.34. The van der Waals surface area contributed by atoms with Crippen LogP contribution in [0.15, 0.2) is 34.5 Å². The van der Waals surface area contributed by atoms with Gasteiger partial charge in [0.2, 0.25) is 0 Å². The van der Waals surface area contributed by atoms with Crippen LogP contribution in [0.4, 0.5) is 5.69 Å². The number of aromatic nitrogens is 1. The average molecular weight is 346 g/mol. The molecule has 0 radical (unpaired) electrons. The van der Waals surface area contributed by atoms with Crippen molar-refractivity contribution in [3.63, 3.8) is 0 Å². The van der Waals surface area contributed by atoms with E-state index < -0.39 is 0 Å². The molecule has 2 aliphatic rings. The topological polar surface area (TPSA) is 42.4 Å². The number of fused-ring (bicyclic) bond motifs is 1. The van der Waals surface area contributed by atoms with Crippen LogP contribution in [0.1, 0.15) is 41.4 Å². The number of rotatable bonds is 2. The number of ether oxygens (including phenoxy) is 1. The second-order valence-corrected chi connectivity index (χ2v) is 7.83. The Morgan fingerprint density at radius 2 is 2.26 bits per heavy atom. The van der Waals surface area contributed by atoms with E-state index in [0.717, 1.165) is 40.8 Å². The number of para-hydroxylation sites is 1. The summed E-state index contributed by atoms with van der Waals surface area (Å²) in [6.45, 7) is 2.88. The van der Waals surface area contributed by atoms with Gasteiger partial charge in [0.15, 0.2) is 0 Å².